The fraction of sp³-hybridized carbons (Fsp3) is 0.550. The van der Waals surface area contributed by atoms with E-state index in [1.807, 2.05) is 13.0 Å². The largest absolute Gasteiger partial charge is 0.372 e. The van der Waals surface area contributed by atoms with Crippen LogP contribution in [0, 0.1) is 6.92 Å². The molecule has 0 spiro atoms. The molecule has 0 fully saturated rings. The maximum absolute atomic E-state index is 12.1. The first kappa shape index (κ1) is 18.4. The molecule has 1 aromatic carbocycles. The summed E-state index contributed by atoms with van der Waals surface area (Å²) in [4.78, 5) is 14.4. The quantitative estimate of drug-likeness (QED) is 0.702. The first-order valence-electron chi connectivity index (χ1n) is 9.22. The third kappa shape index (κ3) is 5.29. The lowest BCUT2D eigenvalue weighted by Crippen LogP contribution is -2.30. The van der Waals surface area contributed by atoms with Crippen molar-refractivity contribution in [3.8, 4) is 0 Å². The van der Waals surface area contributed by atoms with Crippen LogP contribution < -0.4 is 15.5 Å². The van der Waals surface area contributed by atoms with E-state index >= 15 is 0 Å². The van der Waals surface area contributed by atoms with Gasteiger partial charge in [0.25, 0.3) is 0 Å². The Balaban J connectivity index is 1.83. The van der Waals surface area contributed by atoms with Crippen LogP contribution in [0.15, 0.2) is 29.8 Å². The molecule has 0 aromatic heterocycles. The summed E-state index contributed by atoms with van der Waals surface area (Å²) in [5.74, 6) is 0. The summed E-state index contributed by atoms with van der Waals surface area (Å²) in [7, 11) is 0. The van der Waals surface area contributed by atoms with Crippen molar-refractivity contribution in [1.82, 2.24) is 5.32 Å². The van der Waals surface area contributed by atoms with Crippen molar-refractivity contribution in [2.45, 2.75) is 52.9 Å². The molecule has 2 rings (SSSR count). The van der Waals surface area contributed by atoms with E-state index in [1.165, 1.54) is 36.9 Å². The van der Waals surface area contributed by atoms with Gasteiger partial charge in [-0.2, -0.15) is 0 Å². The maximum atomic E-state index is 12.1. The van der Waals surface area contributed by atoms with E-state index in [9.17, 15) is 4.79 Å². The molecule has 0 bridgehead atoms. The first-order chi connectivity index (χ1) is 11.6. The Morgan fingerprint density at radius 1 is 1.21 bits per heavy atom. The minimum atomic E-state index is -0.120. The molecule has 0 radical (unpaired) electrons. The molecule has 1 aromatic rings. The van der Waals surface area contributed by atoms with Crippen molar-refractivity contribution < 1.29 is 4.79 Å². The molecule has 0 heterocycles. The van der Waals surface area contributed by atoms with E-state index in [4.69, 9.17) is 0 Å². The number of nitrogens with one attached hydrogen (secondary N) is 2. The third-order valence-corrected chi connectivity index (χ3v) is 4.70. The fourth-order valence-corrected chi connectivity index (χ4v) is 3.21. The normalized spacial score (nSPS) is 14.0. The van der Waals surface area contributed by atoms with Crippen LogP contribution >= 0.6 is 0 Å². The van der Waals surface area contributed by atoms with E-state index in [-0.39, 0.29) is 6.03 Å². The average Bonchev–Trinajstić information content (AvgIpc) is 2.59. The van der Waals surface area contributed by atoms with E-state index < -0.39 is 0 Å². The molecule has 0 saturated heterocycles. The predicted octanol–water partition coefficient (Wildman–Crippen LogP) is 4.85. The molecule has 132 valence electrons. The molecule has 1 aliphatic carbocycles. The molecule has 0 atom stereocenters. The fourth-order valence-electron chi connectivity index (χ4n) is 3.21. The van der Waals surface area contributed by atoms with Crippen LogP contribution in [-0.4, -0.2) is 25.7 Å². The van der Waals surface area contributed by atoms with Gasteiger partial charge in [-0.15, -0.1) is 0 Å². The zero-order valence-corrected chi connectivity index (χ0v) is 15.3. The summed E-state index contributed by atoms with van der Waals surface area (Å²) in [5.41, 5.74) is 4.65. The zero-order valence-electron chi connectivity index (χ0n) is 15.3. The Morgan fingerprint density at radius 3 is 2.62 bits per heavy atom. The minimum absolute atomic E-state index is 0.120. The van der Waals surface area contributed by atoms with Gasteiger partial charge in [0.15, 0.2) is 0 Å². The standard InChI is InChI=1S/C20H31N3O/c1-4-23(5-2)18-11-12-19(16(3)15-18)22-20(24)21-14-13-17-9-7-6-8-10-17/h9,11-12,15H,4-8,10,13-14H2,1-3H3,(H2,21,22,24). The van der Waals surface area contributed by atoms with Crippen LogP contribution in [0.2, 0.25) is 0 Å². The van der Waals surface area contributed by atoms with Gasteiger partial charge >= 0.3 is 6.03 Å². The second-order valence-electron chi connectivity index (χ2n) is 6.41. The summed E-state index contributed by atoms with van der Waals surface area (Å²) in [6.07, 6.45) is 8.28. The number of carbonyl (C=O) groups excluding carboxylic acids is 1. The number of nitrogens with zero attached hydrogens (tertiary/aromatic N) is 1. The molecule has 4 heteroatoms. The van der Waals surface area contributed by atoms with E-state index in [2.05, 4.69) is 47.6 Å². The monoisotopic (exact) mass is 329 g/mol. The Kier molecular flexibility index (Phi) is 7.16. The molecular formula is C20H31N3O. The number of amides is 2. The molecule has 0 unspecified atom stereocenters. The van der Waals surface area contributed by atoms with Crippen molar-refractivity contribution in [1.29, 1.82) is 0 Å². The van der Waals surface area contributed by atoms with E-state index in [0.29, 0.717) is 6.54 Å². The van der Waals surface area contributed by atoms with Crippen LogP contribution in [0.5, 0.6) is 0 Å². The Labute approximate surface area is 146 Å². The topological polar surface area (TPSA) is 44.4 Å². The lowest BCUT2D eigenvalue weighted by atomic mass is 9.97. The first-order valence-corrected chi connectivity index (χ1v) is 9.22. The van der Waals surface area contributed by atoms with Crippen molar-refractivity contribution >= 4 is 17.4 Å². The minimum Gasteiger partial charge on any atom is -0.372 e. The highest BCUT2D eigenvalue weighted by Crippen LogP contribution is 2.23. The lowest BCUT2D eigenvalue weighted by Gasteiger charge is -2.22. The SMILES string of the molecule is CCN(CC)c1ccc(NC(=O)NCCC2=CCCCC2)c(C)c1. The van der Waals surface area contributed by atoms with E-state index in [0.717, 1.165) is 30.8 Å². The number of allylic oxidation sites excluding steroid dienone is 1. The van der Waals surface area contributed by atoms with Crippen molar-refractivity contribution in [2.75, 3.05) is 29.9 Å². The predicted molar refractivity (Wildman–Crippen MR) is 103 cm³/mol. The van der Waals surface area contributed by atoms with Crippen LogP contribution in [0.1, 0.15) is 51.5 Å². The number of rotatable bonds is 7. The van der Waals surface area contributed by atoms with Crippen LogP contribution in [-0.2, 0) is 0 Å². The third-order valence-electron chi connectivity index (χ3n) is 4.70. The van der Waals surface area contributed by atoms with E-state index in [1.54, 1.807) is 0 Å². The van der Waals surface area contributed by atoms with Crippen molar-refractivity contribution in [2.24, 2.45) is 0 Å². The van der Waals surface area contributed by atoms with Crippen LogP contribution in [0.4, 0.5) is 16.2 Å². The summed E-state index contributed by atoms with van der Waals surface area (Å²) in [6, 6.07) is 6.08. The van der Waals surface area contributed by atoms with Crippen LogP contribution in [0.3, 0.4) is 0 Å². The molecule has 2 amide bonds. The highest BCUT2D eigenvalue weighted by atomic mass is 16.2. The lowest BCUT2D eigenvalue weighted by molar-refractivity contribution is 0.252. The molecule has 0 aliphatic heterocycles. The number of hydrogen-bond acceptors (Lipinski definition) is 2. The Morgan fingerprint density at radius 2 is 2.00 bits per heavy atom. The van der Waals surface area contributed by atoms with Gasteiger partial charge < -0.3 is 15.5 Å². The highest BCUT2D eigenvalue weighted by Gasteiger charge is 2.08. The Bertz CT molecular complexity index is 576. The van der Waals surface area contributed by atoms with Gasteiger partial charge in [0.05, 0.1) is 0 Å². The number of anilines is 2. The van der Waals surface area contributed by atoms with Crippen LogP contribution in [0.25, 0.3) is 0 Å². The molecule has 24 heavy (non-hydrogen) atoms. The van der Waals surface area contributed by atoms with Gasteiger partial charge in [0.1, 0.15) is 0 Å². The highest BCUT2D eigenvalue weighted by molar-refractivity contribution is 5.90. The van der Waals surface area contributed by atoms with Gasteiger partial charge in [0.2, 0.25) is 0 Å². The molecule has 4 nitrogen and oxygen atoms in total. The van der Waals surface area contributed by atoms with Gasteiger partial charge in [-0.3, -0.25) is 0 Å². The Hall–Kier alpha value is -1.97. The summed E-state index contributed by atoms with van der Waals surface area (Å²) >= 11 is 0. The maximum Gasteiger partial charge on any atom is 0.319 e. The molecule has 0 saturated carbocycles. The number of urea groups is 1. The summed E-state index contributed by atoms with van der Waals surface area (Å²) in [5, 5.41) is 5.93. The number of aryl methyl sites for hydroxylation is 1. The van der Waals surface area contributed by atoms with Gasteiger partial charge in [-0.25, -0.2) is 4.79 Å². The van der Waals surface area contributed by atoms with Gasteiger partial charge in [-0.05, 0) is 76.6 Å². The summed E-state index contributed by atoms with van der Waals surface area (Å²) in [6.45, 7) is 9.02. The summed E-state index contributed by atoms with van der Waals surface area (Å²) < 4.78 is 0. The van der Waals surface area contributed by atoms with Crippen molar-refractivity contribution in [3.63, 3.8) is 0 Å². The smallest absolute Gasteiger partial charge is 0.319 e. The van der Waals surface area contributed by atoms with Gasteiger partial charge in [0, 0.05) is 31.0 Å². The van der Waals surface area contributed by atoms with Gasteiger partial charge in [-0.1, -0.05) is 11.6 Å². The zero-order chi connectivity index (χ0) is 17.4. The average molecular weight is 329 g/mol. The molecular weight excluding hydrogens is 298 g/mol. The molecule has 1 aliphatic rings. The second kappa shape index (κ2) is 9.36. The number of benzene rings is 1. The number of carbonyl (C=O) groups is 1. The molecule has 2 N–H and O–H groups in total. The second-order valence-corrected chi connectivity index (χ2v) is 6.41. The number of hydrogen-bond donors (Lipinski definition) is 2. The van der Waals surface area contributed by atoms with Crippen molar-refractivity contribution in [3.05, 3.63) is 35.4 Å².